The van der Waals surface area contributed by atoms with E-state index in [-0.39, 0.29) is 0 Å². The molecule has 1 saturated heterocycles. The van der Waals surface area contributed by atoms with Gasteiger partial charge in [0.2, 0.25) is 0 Å². The van der Waals surface area contributed by atoms with Gasteiger partial charge in [0.25, 0.3) is 0 Å². The van der Waals surface area contributed by atoms with Crippen molar-refractivity contribution in [3.63, 3.8) is 0 Å². The second kappa shape index (κ2) is 3.20. The van der Waals surface area contributed by atoms with Gasteiger partial charge in [0, 0.05) is 0 Å². The normalized spacial score (nSPS) is 24.0. The fraction of sp³-hybridized carbons (Fsp3) is 0.429. The Morgan fingerprint density at radius 1 is 1.06 bits per heavy atom. The predicted octanol–water partition coefficient (Wildman–Crippen LogP) is 2.01. The van der Waals surface area contributed by atoms with Crippen molar-refractivity contribution >= 4 is 34.0 Å². The number of hydrogen-bond acceptors (Lipinski definition) is 0. The Balaban J connectivity index is 1.92. The summed E-state index contributed by atoms with van der Waals surface area (Å²) >= 11 is 0. The lowest BCUT2D eigenvalue weighted by Gasteiger charge is -2.22. The van der Waals surface area contributed by atoms with Crippen LogP contribution in [0.3, 0.4) is 0 Å². The molecule has 1 spiro atoms. The first kappa shape index (κ1) is 9.43. The van der Waals surface area contributed by atoms with E-state index in [4.69, 9.17) is 0 Å². The Hall–Kier alpha value is -0.606. The van der Waals surface area contributed by atoms with E-state index in [1.54, 1.807) is 34.4 Å². The van der Waals surface area contributed by atoms with Gasteiger partial charge in [0.15, 0.2) is 0 Å². The Kier molecular flexibility index (Phi) is 1.89. The van der Waals surface area contributed by atoms with E-state index in [0.29, 0.717) is 0 Å². The van der Waals surface area contributed by atoms with Crippen LogP contribution in [0.25, 0.3) is 6.08 Å². The summed E-state index contributed by atoms with van der Waals surface area (Å²) in [4.78, 5) is 0. The highest BCUT2D eigenvalue weighted by molar-refractivity contribution is 6.93. The molecule has 0 bridgehead atoms. The molecule has 0 amide bonds. The monoisotopic (exact) mass is 240 g/mol. The Morgan fingerprint density at radius 2 is 1.94 bits per heavy atom. The molecule has 0 nitrogen and oxygen atoms in total. The predicted molar refractivity (Wildman–Crippen MR) is 73.6 cm³/mol. The molecule has 0 aromatic heterocycles. The van der Waals surface area contributed by atoms with Crippen molar-refractivity contribution in [2.24, 2.45) is 0 Å². The fourth-order valence-corrected chi connectivity index (χ4v) is 10.5. The van der Waals surface area contributed by atoms with E-state index in [9.17, 15) is 0 Å². The van der Waals surface area contributed by atoms with E-state index in [0.717, 1.165) is 9.52 Å². The molecular weight excluding hydrogens is 224 g/mol. The molecule has 1 aromatic rings. The topological polar surface area (TPSA) is 0 Å². The summed E-state index contributed by atoms with van der Waals surface area (Å²) in [6.07, 6.45) is 6.83. The third kappa shape index (κ3) is 1.09. The molecule has 4 rings (SSSR count). The maximum atomic E-state index is 2.53. The van der Waals surface area contributed by atoms with Gasteiger partial charge in [-0.1, -0.05) is 59.2 Å². The summed E-state index contributed by atoms with van der Waals surface area (Å²) in [5.41, 5.74) is 5.77. The van der Waals surface area contributed by atoms with Crippen molar-refractivity contribution in [1.82, 2.24) is 0 Å². The second-order valence-corrected chi connectivity index (χ2v) is 11.3. The third-order valence-corrected chi connectivity index (χ3v) is 11.4. The Bertz CT molecular complexity index is 482. The molecule has 0 atom stereocenters. The molecule has 16 heavy (non-hydrogen) atoms. The molecule has 80 valence electrons. The Labute approximate surface area is 101 Å². The molecule has 0 unspecified atom stereocenters. The lowest BCUT2D eigenvalue weighted by Crippen LogP contribution is -2.42. The molecule has 0 saturated carbocycles. The van der Waals surface area contributed by atoms with Crippen LogP contribution in [0.1, 0.15) is 24.0 Å². The van der Waals surface area contributed by atoms with Crippen LogP contribution in [-0.4, -0.2) is 17.6 Å². The highest BCUT2D eigenvalue weighted by Gasteiger charge is 2.43. The molecule has 3 aliphatic rings. The van der Waals surface area contributed by atoms with Crippen LogP contribution < -0.4 is 10.4 Å². The van der Waals surface area contributed by atoms with Crippen molar-refractivity contribution in [2.75, 3.05) is 0 Å². The summed E-state index contributed by atoms with van der Waals surface area (Å²) in [5.74, 6) is 0. The van der Waals surface area contributed by atoms with Gasteiger partial charge in [-0.15, -0.1) is 0 Å². The summed E-state index contributed by atoms with van der Waals surface area (Å²) in [6.45, 7) is 0. The van der Waals surface area contributed by atoms with Crippen LogP contribution in [0.4, 0.5) is 0 Å². The average molecular weight is 240 g/mol. The van der Waals surface area contributed by atoms with E-state index in [2.05, 4.69) is 23.9 Å². The zero-order valence-corrected chi connectivity index (χ0v) is 11.6. The van der Waals surface area contributed by atoms with E-state index < -0.39 is 8.07 Å². The first-order valence-electron chi connectivity index (χ1n) is 6.49. The number of rotatable bonds is 0. The van der Waals surface area contributed by atoms with Crippen molar-refractivity contribution in [3.8, 4) is 0 Å². The Morgan fingerprint density at radius 3 is 2.81 bits per heavy atom. The van der Waals surface area contributed by atoms with E-state index in [1.165, 1.54) is 19.3 Å². The highest BCUT2D eigenvalue weighted by Crippen LogP contribution is 2.39. The van der Waals surface area contributed by atoms with Gasteiger partial charge in [-0.05, 0) is 23.6 Å². The van der Waals surface area contributed by atoms with Crippen LogP contribution in [0.15, 0.2) is 17.8 Å². The van der Waals surface area contributed by atoms with Crippen molar-refractivity contribution in [1.29, 1.82) is 0 Å². The largest absolute Gasteiger partial charge is 0.112 e. The lowest BCUT2D eigenvalue weighted by atomic mass is 10.1. The molecule has 3 aliphatic heterocycles. The summed E-state index contributed by atoms with van der Waals surface area (Å²) in [7, 11) is -0.0263. The summed E-state index contributed by atoms with van der Waals surface area (Å²) in [6, 6.07) is 9.70. The quantitative estimate of drug-likeness (QED) is 0.609. The summed E-state index contributed by atoms with van der Waals surface area (Å²) < 4.78 is 0. The van der Waals surface area contributed by atoms with Gasteiger partial charge in [-0.3, -0.25) is 0 Å². The zero-order valence-electron chi connectivity index (χ0n) is 9.55. The number of benzene rings is 1. The lowest BCUT2D eigenvalue weighted by molar-refractivity contribution is 0.935. The van der Waals surface area contributed by atoms with Crippen LogP contribution in [0.2, 0.25) is 18.1 Å². The number of fused-ring (bicyclic) bond motifs is 4. The van der Waals surface area contributed by atoms with Gasteiger partial charge in [0.05, 0.1) is 8.07 Å². The molecule has 1 aromatic carbocycles. The van der Waals surface area contributed by atoms with Crippen molar-refractivity contribution < 1.29 is 0 Å². The minimum absolute atomic E-state index is 0.937. The molecular formula is C14H16Si2. The minimum atomic E-state index is -0.963. The van der Waals surface area contributed by atoms with Crippen LogP contribution >= 0.6 is 0 Å². The van der Waals surface area contributed by atoms with Crippen LogP contribution in [-0.2, 0) is 6.42 Å². The van der Waals surface area contributed by atoms with Crippen molar-refractivity contribution in [3.05, 3.63) is 29.0 Å². The van der Waals surface area contributed by atoms with Crippen LogP contribution in [0, 0.1) is 0 Å². The molecule has 2 radical (unpaired) electrons. The maximum Gasteiger partial charge on any atom is 0.112 e. The smallest absolute Gasteiger partial charge is 0.0927 e. The summed E-state index contributed by atoms with van der Waals surface area (Å²) in [5, 5.41) is 3.47. The van der Waals surface area contributed by atoms with Crippen molar-refractivity contribution in [2.45, 2.75) is 37.4 Å². The standard InChI is InChI=1S/C14H16Si2/c1-2-9-16(8-1)10-6-12-11-5-7-15-13(11)3-4-14(12)16/h3-5,7H,1-2,6,8-10H2. The van der Waals surface area contributed by atoms with Gasteiger partial charge in [-0.25, -0.2) is 0 Å². The minimum Gasteiger partial charge on any atom is -0.0927 e. The third-order valence-electron chi connectivity index (χ3n) is 4.83. The van der Waals surface area contributed by atoms with E-state index in [1.807, 2.05) is 5.19 Å². The van der Waals surface area contributed by atoms with Gasteiger partial charge >= 0.3 is 0 Å². The SMILES string of the molecule is C1=Cc2c(ccc3c2CC[Si]32CCCC2)[Si]1. The fourth-order valence-electron chi connectivity index (χ4n) is 4.03. The van der Waals surface area contributed by atoms with Gasteiger partial charge < -0.3 is 0 Å². The molecule has 0 aliphatic carbocycles. The highest BCUT2D eigenvalue weighted by atomic mass is 28.3. The molecule has 0 N–H and O–H groups in total. The second-order valence-electron chi connectivity index (χ2n) is 5.52. The average Bonchev–Trinajstić information content (AvgIpc) is 3.01. The first-order chi connectivity index (χ1) is 7.89. The van der Waals surface area contributed by atoms with Crippen LogP contribution in [0.5, 0.6) is 0 Å². The molecule has 1 fully saturated rings. The maximum absolute atomic E-state index is 2.53. The number of hydrogen-bond donors (Lipinski definition) is 0. The van der Waals surface area contributed by atoms with E-state index >= 15 is 0 Å². The van der Waals surface area contributed by atoms with Gasteiger partial charge in [-0.2, -0.15) is 0 Å². The molecule has 2 heteroatoms. The zero-order chi connectivity index (χ0) is 10.6. The first-order valence-corrected chi connectivity index (χ1v) is 10.2. The molecule has 3 heterocycles. The van der Waals surface area contributed by atoms with Gasteiger partial charge in [0.1, 0.15) is 9.52 Å².